The summed E-state index contributed by atoms with van der Waals surface area (Å²) in [6.07, 6.45) is 2.59. The molecular weight excluding hydrogens is 346 g/mol. The van der Waals surface area contributed by atoms with Crippen molar-refractivity contribution in [2.75, 3.05) is 13.7 Å². The molecule has 1 amide bonds. The lowest BCUT2D eigenvalue weighted by Crippen LogP contribution is -2.19. The number of nitrogens with zero attached hydrogens (tertiary/aromatic N) is 2. The average molecular weight is 363 g/mol. The number of carbonyl (C=O) groups excluding carboxylic acids is 1. The predicted molar refractivity (Wildman–Crippen MR) is 99.0 cm³/mol. The third-order valence-corrected chi connectivity index (χ3v) is 3.96. The first-order chi connectivity index (χ1) is 13.2. The summed E-state index contributed by atoms with van der Waals surface area (Å²) >= 11 is 0. The van der Waals surface area contributed by atoms with Gasteiger partial charge in [-0.1, -0.05) is 24.0 Å². The summed E-state index contributed by atoms with van der Waals surface area (Å²) in [5.41, 5.74) is 4.65. The molecule has 0 bridgehead atoms. The second-order valence-electron chi connectivity index (χ2n) is 5.64. The van der Waals surface area contributed by atoms with Crippen molar-refractivity contribution in [3.63, 3.8) is 0 Å². The van der Waals surface area contributed by atoms with E-state index in [-0.39, 0.29) is 12.2 Å². The highest BCUT2D eigenvalue weighted by atomic mass is 16.5. The monoisotopic (exact) mass is 363 g/mol. The van der Waals surface area contributed by atoms with Crippen molar-refractivity contribution in [1.29, 1.82) is 0 Å². The molecule has 1 atom stereocenters. The molecule has 0 aliphatic heterocycles. The van der Waals surface area contributed by atoms with Crippen molar-refractivity contribution in [3.8, 4) is 23.1 Å². The van der Waals surface area contributed by atoms with Gasteiger partial charge in [-0.3, -0.25) is 15.0 Å². The van der Waals surface area contributed by atoms with E-state index in [1.807, 2.05) is 24.3 Å². The van der Waals surface area contributed by atoms with Crippen LogP contribution < -0.4 is 5.48 Å². The number of hydrogen-bond donors (Lipinski definition) is 3. The van der Waals surface area contributed by atoms with E-state index >= 15 is 0 Å². The summed E-state index contributed by atoms with van der Waals surface area (Å²) in [4.78, 5) is 20.6. The van der Waals surface area contributed by atoms with E-state index in [4.69, 9.17) is 15.1 Å². The largest absolute Gasteiger partial charge is 0.393 e. The molecule has 3 rings (SSSR count). The molecule has 0 aliphatic carbocycles. The van der Waals surface area contributed by atoms with E-state index < -0.39 is 12.0 Å². The van der Waals surface area contributed by atoms with E-state index in [9.17, 15) is 4.79 Å². The molecule has 0 spiro atoms. The summed E-state index contributed by atoms with van der Waals surface area (Å²) in [7, 11) is 1.49. The number of ether oxygens (including phenoxy) is 1. The second-order valence-corrected chi connectivity index (χ2v) is 5.64. The zero-order valence-corrected chi connectivity index (χ0v) is 14.5. The minimum atomic E-state index is -0.631. The summed E-state index contributed by atoms with van der Waals surface area (Å²) in [6.45, 7) is -0.173. The van der Waals surface area contributed by atoms with Crippen LogP contribution in [0.15, 0.2) is 48.8 Å². The molecule has 0 saturated heterocycles. The third-order valence-electron chi connectivity index (χ3n) is 3.96. The highest BCUT2D eigenvalue weighted by Crippen LogP contribution is 2.24. The van der Waals surface area contributed by atoms with Gasteiger partial charge in [-0.2, -0.15) is 0 Å². The van der Waals surface area contributed by atoms with Crippen molar-refractivity contribution in [2.45, 2.75) is 6.10 Å². The third kappa shape index (κ3) is 4.10. The lowest BCUT2D eigenvalue weighted by molar-refractivity contribution is 0.0708. The predicted octanol–water partition coefficient (Wildman–Crippen LogP) is 1.77. The number of pyridine rings is 2. The Kier molecular flexibility index (Phi) is 5.74. The number of aliphatic hydroxyl groups excluding tert-OH is 1. The van der Waals surface area contributed by atoms with Gasteiger partial charge < -0.3 is 9.84 Å². The van der Waals surface area contributed by atoms with Crippen LogP contribution in [0, 0.1) is 11.8 Å². The van der Waals surface area contributed by atoms with E-state index in [0.29, 0.717) is 16.6 Å². The van der Waals surface area contributed by atoms with E-state index in [2.05, 4.69) is 21.8 Å². The fraction of sp³-hybridized carbons (Fsp3) is 0.150. The van der Waals surface area contributed by atoms with Gasteiger partial charge in [0.1, 0.15) is 6.10 Å². The fourth-order valence-corrected chi connectivity index (χ4v) is 2.53. The molecule has 2 aromatic heterocycles. The van der Waals surface area contributed by atoms with Gasteiger partial charge in [0.15, 0.2) is 0 Å². The van der Waals surface area contributed by atoms with Crippen molar-refractivity contribution in [2.24, 2.45) is 0 Å². The maximum atomic E-state index is 12.0. The minimum absolute atomic E-state index is 0.173. The molecule has 136 valence electrons. The molecule has 3 aromatic rings. The number of hydroxylamine groups is 1. The SMILES string of the molecule is COC(C#Cc1ccc(-c2cc(C(=O)NO)c3cnccc3n2)cc1)CO. The van der Waals surface area contributed by atoms with Crippen LogP contribution >= 0.6 is 0 Å². The first-order valence-electron chi connectivity index (χ1n) is 8.11. The van der Waals surface area contributed by atoms with Gasteiger partial charge in [0.05, 0.1) is 23.4 Å². The van der Waals surface area contributed by atoms with Crippen LogP contribution in [0.3, 0.4) is 0 Å². The summed E-state index contributed by atoms with van der Waals surface area (Å²) in [6, 6.07) is 10.6. The first-order valence-corrected chi connectivity index (χ1v) is 8.11. The Morgan fingerprint density at radius 1 is 1.30 bits per heavy atom. The lowest BCUT2D eigenvalue weighted by atomic mass is 10.0. The minimum Gasteiger partial charge on any atom is -0.393 e. The van der Waals surface area contributed by atoms with Crippen LogP contribution in [0.1, 0.15) is 15.9 Å². The molecule has 0 fully saturated rings. The number of carbonyl (C=O) groups is 1. The molecule has 0 radical (unpaired) electrons. The molecule has 2 heterocycles. The maximum Gasteiger partial charge on any atom is 0.275 e. The molecule has 27 heavy (non-hydrogen) atoms. The molecule has 7 nitrogen and oxygen atoms in total. The Morgan fingerprint density at radius 2 is 2.07 bits per heavy atom. The summed E-state index contributed by atoms with van der Waals surface area (Å²) in [5, 5.41) is 18.6. The first kappa shape index (κ1) is 18.5. The van der Waals surface area contributed by atoms with Gasteiger partial charge in [0.2, 0.25) is 0 Å². The Morgan fingerprint density at radius 3 is 2.74 bits per heavy atom. The highest BCUT2D eigenvalue weighted by molar-refractivity contribution is 6.06. The second kappa shape index (κ2) is 8.38. The van der Waals surface area contributed by atoms with Crippen LogP contribution in [0.25, 0.3) is 22.2 Å². The molecule has 1 aromatic carbocycles. The van der Waals surface area contributed by atoms with Crippen molar-refractivity contribution in [1.82, 2.24) is 15.4 Å². The van der Waals surface area contributed by atoms with Crippen LogP contribution in [0.2, 0.25) is 0 Å². The maximum absolute atomic E-state index is 12.0. The van der Waals surface area contributed by atoms with E-state index in [0.717, 1.165) is 11.1 Å². The average Bonchev–Trinajstić information content (AvgIpc) is 2.73. The standard InChI is InChI=1S/C20H17N3O4/c1-27-15(12-24)7-4-13-2-5-14(6-3-13)19-10-16(20(25)23-26)17-11-21-9-8-18(17)22-19/h2-3,5-6,8-11,15,24,26H,12H2,1H3,(H,23,25). The van der Waals surface area contributed by atoms with Crippen LogP contribution in [0.5, 0.6) is 0 Å². The highest BCUT2D eigenvalue weighted by Gasteiger charge is 2.13. The Balaban J connectivity index is 1.99. The van der Waals surface area contributed by atoms with Crippen molar-refractivity contribution < 1.29 is 19.8 Å². The quantitative estimate of drug-likeness (QED) is 0.371. The fourth-order valence-electron chi connectivity index (χ4n) is 2.53. The van der Waals surface area contributed by atoms with Gasteiger partial charge in [0.25, 0.3) is 5.91 Å². The normalized spacial score (nSPS) is 11.5. The zero-order valence-electron chi connectivity index (χ0n) is 14.5. The topological polar surface area (TPSA) is 105 Å². The number of hydrogen-bond acceptors (Lipinski definition) is 6. The van der Waals surface area contributed by atoms with E-state index in [1.165, 1.54) is 13.3 Å². The number of benzene rings is 1. The number of aliphatic hydroxyl groups is 1. The molecule has 7 heteroatoms. The Labute approximate surface area is 155 Å². The Hall–Kier alpha value is -3.31. The number of fused-ring (bicyclic) bond motifs is 1. The van der Waals surface area contributed by atoms with Crippen LogP contribution in [0.4, 0.5) is 0 Å². The van der Waals surface area contributed by atoms with Gasteiger partial charge in [-0.15, -0.1) is 0 Å². The smallest absolute Gasteiger partial charge is 0.275 e. The summed E-state index contributed by atoms with van der Waals surface area (Å²) in [5.74, 6) is 5.13. The van der Waals surface area contributed by atoms with Gasteiger partial charge >= 0.3 is 0 Å². The lowest BCUT2D eigenvalue weighted by Gasteiger charge is -2.08. The zero-order chi connectivity index (χ0) is 19.2. The number of methoxy groups -OCH3 is 1. The van der Waals surface area contributed by atoms with Gasteiger partial charge in [-0.05, 0) is 24.3 Å². The summed E-state index contributed by atoms with van der Waals surface area (Å²) < 4.78 is 5.00. The number of aromatic nitrogens is 2. The number of rotatable bonds is 4. The van der Waals surface area contributed by atoms with E-state index in [1.54, 1.807) is 23.8 Å². The van der Waals surface area contributed by atoms with Crippen molar-refractivity contribution in [3.05, 3.63) is 59.9 Å². The number of amides is 1. The van der Waals surface area contributed by atoms with Gasteiger partial charge in [-0.25, -0.2) is 10.5 Å². The van der Waals surface area contributed by atoms with Crippen molar-refractivity contribution >= 4 is 16.8 Å². The van der Waals surface area contributed by atoms with Crippen LogP contribution in [-0.4, -0.2) is 46.0 Å². The van der Waals surface area contributed by atoms with Crippen LogP contribution in [-0.2, 0) is 4.74 Å². The Bertz CT molecular complexity index is 1020. The molecule has 1 unspecified atom stereocenters. The number of nitrogens with one attached hydrogen (secondary N) is 1. The molecule has 0 saturated carbocycles. The molecule has 0 aliphatic rings. The molecule has 3 N–H and O–H groups in total. The molecular formula is C20H17N3O4. The van der Waals surface area contributed by atoms with Gasteiger partial charge in [0, 0.05) is 36.0 Å².